The van der Waals surface area contributed by atoms with Gasteiger partial charge in [0.05, 0.1) is 16.9 Å². The van der Waals surface area contributed by atoms with Crippen molar-refractivity contribution in [2.45, 2.75) is 6.92 Å². The van der Waals surface area contributed by atoms with Crippen LogP contribution in [0.2, 0.25) is 5.15 Å². The number of para-hydroxylation sites is 1. The molecule has 3 nitrogen and oxygen atoms in total. The SMILES string of the molecule is Cc1nn(-c2ccccc2)c(Cl)c1C(=O)c1ccccc1. The highest BCUT2D eigenvalue weighted by atomic mass is 35.5. The van der Waals surface area contributed by atoms with Crippen LogP contribution in [0.15, 0.2) is 60.7 Å². The number of nitrogens with zero attached hydrogens (tertiary/aromatic N) is 2. The summed E-state index contributed by atoms with van der Waals surface area (Å²) in [5.41, 5.74) is 2.51. The third kappa shape index (κ3) is 2.48. The van der Waals surface area contributed by atoms with Gasteiger partial charge in [-0.2, -0.15) is 5.10 Å². The van der Waals surface area contributed by atoms with Crippen LogP contribution < -0.4 is 0 Å². The smallest absolute Gasteiger partial charge is 0.198 e. The summed E-state index contributed by atoms with van der Waals surface area (Å²) in [5.74, 6) is -0.111. The lowest BCUT2D eigenvalue weighted by Crippen LogP contribution is -2.03. The molecule has 0 amide bonds. The number of benzene rings is 2. The molecule has 0 N–H and O–H groups in total. The molecule has 3 aromatic rings. The molecule has 21 heavy (non-hydrogen) atoms. The lowest BCUT2D eigenvalue weighted by atomic mass is 10.0. The van der Waals surface area contributed by atoms with E-state index in [1.165, 1.54) is 0 Å². The molecule has 0 bridgehead atoms. The minimum atomic E-state index is -0.111. The molecular weight excluding hydrogens is 284 g/mol. The van der Waals surface area contributed by atoms with Gasteiger partial charge in [0.15, 0.2) is 5.78 Å². The lowest BCUT2D eigenvalue weighted by Gasteiger charge is -2.03. The van der Waals surface area contributed by atoms with Crippen molar-refractivity contribution in [3.05, 3.63) is 82.6 Å². The molecule has 0 saturated heterocycles. The van der Waals surface area contributed by atoms with Crippen molar-refractivity contribution < 1.29 is 4.79 Å². The van der Waals surface area contributed by atoms with Crippen molar-refractivity contribution in [3.8, 4) is 5.69 Å². The molecule has 0 atom stereocenters. The van der Waals surface area contributed by atoms with E-state index in [0.29, 0.717) is 22.0 Å². The lowest BCUT2D eigenvalue weighted by molar-refractivity contribution is 0.103. The van der Waals surface area contributed by atoms with E-state index in [9.17, 15) is 4.79 Å². The summed E-state index contributed by atoms with van der Waals surface area (Å²) in [6.07, 6.45) is 0. The summed E-state index contributed by atoms with van der Waals surface area (Å²) in [6, 6.07) is 18.6. The molecule has 0 saturated carbocycles. The largest absolute Gasteiger partial charge is 0.288 e. The summed E-state index contributed by atoms with van der Waals surface area (Å²) in [5, 5.41) is 4.73. The average Bonchev–Trinajstić information content (AvgIpc) is 2.83. The van der Waals surface area contributed by atoms with Crippen molar-refractivity contribution in [3.63, 3.8) is 0 Å². The molecule has 4 heteroatoms. The molecule has 0 unspecified atom stereocenters. The van der Waals surface area contributed by atoms with E-state index < -0.39 is 0 Å². The number of hydrogen-bond acceptors (Lipinski definition) is 2. The van der Waals surface area contributed by atoms with E-state index in [1.807, 2.05) is 48.5 Å². The Morgan fingerprint density at radius 2 is 1.57 bits per heavy atom. The van der Waals surface area contributed by atoms with Crippen LogP contribution in [0.3, 0.4) is 0 Å². The van der Waals surface area contributed by atoms with Crippen molar-refractivity contribution in [2.75, 3.05) is 0 Å². The molecule has 2 aromatic carbocycles. The highest BCUT2D eigenvalue weighted by Crippen LogP contribution is 2.25. The number of ketones is 1. The normalized spacial score (nSPS) is 10.6. The number of carbonyl (C=O) groups excluding carboxylic acids is 1. The molecule has 0 aliphatic carbocycles. The van der Waals surface area contributed by atoms with E-state index in [1.54, 1.807) is 23.7 Å². The fraction of sp³-hybridized carbons (Fsp3) is 0.0588. The van der Waals surface area contributed by atoms with Gasteiger partial charge in [-0.05, 0) is 19.1 Å². The predicted octanol–water partition coefficient (Wildman–Crippen LogP) is 4.07. The van der Waals surface area contributed by atoms with E-state index in [0.717, 1.165) is 5.69 Å². The standard InChI is InChI=1S/C17H13ClN2O/c1-12-15(16(21)13-8-4-2-5-9-13)17(18)20(19-12)14-10-6-3-7-11-14/h2-11H,1H3. The van der Waals surface area contributed by atoms with E-state index in [4.69, 9.17) is 11.6 Å². The molecular formula is C17H13ClN2O. The van der Waals surface area contributed by atoms with Crippen molar-refractivity contribution in [2.24, 2.45) is 0 Å². The van der Waals surface area contributed by atoms with Gasteiger partial charge in [-0.1, -0.05) is 60.1 Å². The van der Waals surface area contributed by atoms with Crippen LogP contribution in [-0.2, 0) is 0 Å². The number of carbonyl (C=O) groups is 1. The van der Waals surface area contributed by atoms with Crippen molar-refractivity contribution in [1.29, 1.82) is 0 Å². The monoisotopic (exact) mass is 296 g/mol. The second-order valence-electron chi connectivity index (χ2n) is 4.69. The third-order valence-corrected chi connectivity index (χ3v) is 3.62. The molecule has 0 fully saturated rings. The summed E-state index contributed by atoms with van der Waals surface area (Å²) in [4.78, 5) is 12.6. The van der Waals surface area contributed by atoms with Gasteiger partial charge in [-0.15, -0.1) is 0 Å². The quantitative estimate of drug-likeness (QED) is 0.683. The maximum absolute atomic E-state index is 12.6. The Hall–Kier alpha value is -2.39. The van der Waals surface area contributed by atoms with Crippen LogP contribution in [-0.4, -0.2) is 15.6 Å². The summed E-state index contributed by atoms with van der Waals surface area (Å²) in [6.45, 7) is 1.79. The number of hydrogen-bond donors (Lipinski definition) is 0. The Bertz CT molecular complexity index is 779. The maximum atomic E-state index is 12.6. The zero-order chi connectivity index (χ0) is 14.8. The van der Waals surface area contributed by atoms with Crippen LogP contribution in [0.25, 0.3) is 5.69 Å². The van der Waals surface area contributed by atoms with Gasteiger partial charge in [0, 0.05) is 5.56 Å². The molecule has 1 aromatic heterocycles. The Kier molecular flexibility index (Phi) is 3.59. The zero-order valence-electron chi connectivity index (χ0n) is 11.5. The minimum Gasteiger partial charge on any atom is -0.288 e. The van der Waals surface area contributed by atoms with Gasteiger partial charge >= 0.3 is 0 Å². The fourth-order valence-corrected chi connectivity index (χ4v) is 2.59. The molecule has 3 rings (SSSR count). The molecule has 0 aliphatic heterocycles. The Labute approximate surface area is 127 Å². The first-order valence-electron chi connectivity index (χ1n) is 6.59. The Balaban J connectivity index is 2.09. The molecule has 104 valence electrons. The number of aryl methyl sites for hydroxylation is 1. The first-order valence-corrected chi connectivity index (χ1v) is 6.96. The van der Waals surface area contributed by atoms with Gasteiger partial charge in [0.1, 0.15) is 5.15 Å². The van der Waals surface area contributed by atoms with Gasteiger partial charge < -0.3 is 0 Å². The van der Waals surface area contributed by atoms with Crippen LogP contribution in [0.5, 0.6) is 0 Å². The van der Waals surface area contributed by atoms with E-state index in [-0.39, 0.29) is 5.78 Å². The second kappa shape index (κ2) is 5.54. The average molecular weight is 297 g/mol. The van der Waals surface area contributed by atoms with Gasteiger partial charge in [-0.25, -0.2) is 4.68 Å². The highest BCUT2D eigenvalue weighted by Gasteiger charge is 2.21. The maximum Gasteiger partial charge on any atom is 0.198 e. The van der Waals surface area contributed by atoms with Crippen LogP contribution in [0.4, 0.5) is 0 Å². The van der Waals surface area contributed by atoms with Crippen LogP contribution in [0, 0.1) is 6.92 Å². The number of halogens is 1. The fourth-order valence-electron chi connectivity index (χ4n) is 2.23. The van der Waals surface area contributed by atoms with E-state index in [2.05, 4.69) is 5.10 Å². The number of rotatable bonds is 3. The predicted molar refractivity (Wildman–Crippen MR) is 83.2 cm³/mol. The van der Waals surface area contributed by atoms with Gasteiger partial charge in [-0.3, -0.25) is 4.79 Å². The van der Waals surface area contributed by atoms with Crippen molar-refractivity contribution in [1.82, 2.24) is 9.78 Å². The Morgan fingerprint density at radius 3 is 2.19 bits per heavy atom. The molecule has 0 aliphatic rings. The Morgan fingerprint density at radius 1 is 1.00 bits per heavy atom. The van der Waals surface area contributed by atoms with Gasteiger partial charge in [0.25, 0.3) is 0 Å². The summed E-state index contributed by atoms with van der Waals surface area (Å²) < 4.78 is 1.59. The first-order chi connectivity index (χ1) is 10.2. The second-order valence-corrected chi connectivity index (χ2v) is 5.05. The summed E-state index contributed by atoms with van der Waals surface area (Å²) in [7, 11) is 0. The highest BCUT2D eigenvalue weighted by molar-refractivity contribution is 6.34. The summed E-state index contributed by atoms with van der Waals surface area (Å²) >= 11 is 6.39. The van der Waals surface area contributed by atoms with Gasteiger partial charge in [0.2, 0.25) is 0 Å². The first kappa shape index (κ1) is 13.6. The molecule has 0 radical (unpaired) electrons. The van der Waals surface area contributed by atoms with Crippen LogP contribution >= 0.6 is 11.6 Å². The minimum absolute atomic E-state index is 0.111. The molecule has 0 spiro atoms. The van der Waals surface area contributed by atoms with Crippen molar-refractivity contribution >= 4 is 17.4 Å². The number of aromatic nitrogens is 2. The van der Waals surface area contributed by atoms with E-state index >= 15 is 0 Å². The van der Waals surface area contributed by atoms with Crippen LogP contribution in [0.1, 0.15) is 21.6 Å². The third-order valence-electron chi connectivity index (χ3n) is 3.27. The zero-order valence-corrected chi connectivity index (χ0v) is 12.2. The topological polar surface area (TPSA) is 34.9 Å². The molecule has 1 heterocycles.